The van der Waals surface area contributed by atoms with E-state index in [9.17, 15) is 14.4 Å². The molecule has 0 bridgehead atoms. The van der Waals surface area contributed by atoms with Crippen LogP contribution in [0, 0.1) is 0 Å². The quantitative estimate of drug-likeness (QED) is 0.498. The molecule has 9 heteroatoms. The first-order valence-corrected chi connectivity index (χ1v) is 9.71. The van der Waals surface area contributed by atoms with Gasteiger partial charge in [-0.1, -0.05) is 23.2 Å². The number of halogens is 2. The largest absolute Gasteiger partial charge is 0.350 e. The second-order valence-electron chi connectivity index (χ2n) is 6.47. The Labute approximate surface area is 179 Å². The van der Waals surface area contributed by atoms with Crippen LogP contribution in [-0.4, -0.2) is 37.0 Å². The van der Waals surface area contributed by atoms with E-state index < -0.39 is 0 Å². The summed E-state index contributed by atoms with van der Waals surface area (Å²) in [4.78, 5) is 35.9. The van der Waals surface area contributed by atoms with E-state index in [1.54, 1.807) is 36.4 Å². The second-order valence-corrected chi connectivity index (χ2v) is 7.29. The molecule has 0 aromatic heterocycles. The zero-order chi connectivity index (χ0) is 21.4. The molecular weight excluding hydrogens is 415 g/mol. The zero-order valence-corrected chi connectivity index (χ0v) is 17.5. The fourth-order valence-corrected chi connectivity index (χ4v) is 2.63. The van der Waals surface area contributed by atoms with E-state index >= 15 is 0 Å². The number of amides is 4. The van der Waals surface area contributed by atoms with Crippen LogP contribution in [0.4, 0.5) is 10.5 Å². The van der Waals surface area contributed by atoms with Crippen molar-refractivity contribution in [2.45, 2.75) is 19.9 Å². The van der Waals surface area contributed by atoms with Gasteiger partial charge in [-0.15, -0.1) is 0 Å². The highest BCUT2D eigenvalue weighted by molar-refractivity contribution is 6.42. The highest BCUT2D eigenvalue weighted by Gasteiger charge is 2.09. The SMILES string of the molecule is CC(C)NC(=O)Nc1ccc(C(=O)NCCNC(=O)c2ccc(Cl)c(Cl)c2)cc1. The molecule has 2 aromatic carbocycles. The summed E-state index contributed by atoms with van der Waals surface area (Å²) in [6.07, 6.45) is 0. The molecule has 0 spiro atoms. The van der Waals surface area contributed by atoms with Gasteiger partial charge in [0, 0.05) is 35.9 Å². The monoisotopic (exact) mass is 436 g/mol. The van der Waals surface area contributed by atoms with Crippen LogP contribution in [0.5, 0.6) is 0 Å². The summed E-state index contributed by atoms with van der Waals surface area (Å²) in [5.74, 6) is -0.597. The van der Waals surface area contributed by atoms with E-state index in [4.69, 9.17) is 23.2 Å². The first-order valence-electron chi connectivity index (χ1n) is 8.95. The third-order valence-electron chi connectivity index (χ3n) is 3.70. The van der Waals surface area contributed by atoms with E-state index in [1.165, 1.54) is 6.07 Å². The van der Waals surface area contributed by atoms with Gasteiger partial charge in [-0.2, -0.15) is 0 Å². The van der Waals surface area contributed by atoms with Crippen LogP contribution in [0.1, 0.15) is 34.6 Å². The summed E-state index contributed by atoms with van der Waals surface area (Å²) in [7, 11) is 0. The molecule has 4 N–H and O–H groups in total. The lowest BCUT2D eigenvalue weighted by Gasteiger charge is -2.11. The minimum atomic E-state index is -0.312. The number of hydrogen-bond acceptors (Lipinski definition) is 3. The van der Waals surface area contributed by atoms with Crippen molar-refractivity contribution in [3.63, 3.8) is 0 Å². The number of rotatable bonds is 7. The highest BCUT2D eigenvalue weighted by atomic mass is 35.5. The first-order chi connectivity index (χ1) is 13.8. The third kappa shape index (κ3) is 7.29. The van der Waals surface area contributed by atoms with E-state index in [-0.39, 0.29) is 37.0 Å². The van der Waals surface area contributed by atoms with Crippen LogP contribution in [0.3, 0.4) is 0 Å². The van der Waals surface area contributed by atoms with E-state index in [1.807, 2.05) is 13.8 Å². The van der Waals surface area contributed by atoms with Gasteiger partial charge in [0.25, 0.3) is 11.8 Å². The topological polar surface area (TPSA) is 99.3 Å². The Morgan fingerprint density at radius 3 is 1.93 bits per heavy atom. The van der Waals surface area contributed by atoms with Gasteiger partial charge in [0.1, 0.15) is 0 Å². The number of urea groups is 1. The van der Waals surface area contributed by atoms with Crippen molar-refractivity contribution in [3.05, 3.63) is 63.6 Å². The van der Waals surface area contributed by atoms with Gasteiger partial charge in [-0.05, 0) is 56.3 Å². The molecule has 0 fully saturated rings. The molecule has 0 saturated heterocycles. The maximum absolute atomic E-state index is 12.2. The fraction of sp³-hybridized carbons (Fsp3) is 0.250. The third-order valence-corrected chi connectivity index (χ3v) is 4.44. The summed E-state index contributed by atoms with van der Waals surface area (Å²) in [6, 6.07) is 10.8. The Balaban J connectivity index is 1.76. The van der Waals surface area contributed by atoms with E-state index in [2.05, 4.69) is 21.3 Å². The predicted molar refractivity (Wildman–Crippen MR) is 115 cm³/mol. The van der Waals surface area contributed by atoms with E-state index in [0.29, 0.717) is 26.9 Å². The smallest absolute Gasteiger partial charge is 0.319 e. The molecule has 0 radical (unpaired) electrons. The van der Waals surface area contributed by atoms with Crippen molar-refractivity contribution >= 4 is 46.7 Å². The summed E-state index contributed by atoms with van der Waals surface area (Å²) in [5, 5.41) is 11.5. The average Bonchev–Trinajstić information content (AvgIpc) is 2.67. The Morgan fingerprint density at radius 1 is 0.828 bits per heavy atom. The van der Waals surface area contributed by atoms with Crippen LogP contribution in [0.2, 0.25) is 10.0 Å². The van der Waals surface area contributed by atoms with Crippen molar-refractivity contribution in [2.24, 2.45) is 0 Å². The van der Waals surface area contributed by atoms with Gasteiger partial charge < -0.3 is 21.3 Å². The van der Waals surface area contributed by atoms with Crippen LogP contribution in [0.15, 0.2) is 42.5 Å². The minimum absolute atomic E-state index is 0.0252. The van der Waals surface area contributed by atoms with Crippen molar-refractivity contribution in [2.75, 3.05) is 18.4 Å². The number of anilines is 1. The molecule has 0 aliphatic carbocycles. The summed E-state index contributed by atoms with van der Waals surface area (Å²) >= 11 is 11.7. The van der Waals surface area contributed by atoms with Gasteiger partial charge in [-0.3, -0.25) is 9.59 Å². The number of carbonyl (C=O) groups excluding carboxylic acids is 3. The molecule has 0 aliphatic heterocycles. The molecule has 0 atom stereocenters. The first kappa shape index (κ1) is 22.5. The Bertz CT molecular complexity index is 886. The normalized spacial score (nSPS) is 10.4. The van der Waals surface area contributed by atoms with Gasteiger partial charge in [0.05, 0.1) is 10.0 Å². The average molecular weight is 437 g/mol. The maximum atomic E-state index is 12.2. The highest BCUT2D eigenvalue weighted by Crippen LogP contribution is 2.22. The fourth-order valence-electron chi connectivity index (χ4n) is 2.33. The van der Waals surface area contributed by atoms with Crippen molar-refractivity contribution in [1.29, 1.82) is 0 Å². The minimum Gasteiger partial charge on any atom is -0.350 e. The molecule has 0 saturated carbocycles. The molecule has 0 heterocycles. The molecule has 0 unspecified atom stereocenters. The second kappa shape index (κ2) is 10.7. The lowest BCUT2D eigenvalue weighted by atomic mass is 10.2. The van der Waals surface area contributed by atoms with Gasteiger partial charge >= 0.3 is 6.03 Å². The van der Waals surface area contributed by atoms with Crippen LogP contribution in [0.25, 0.3) is 0 Å². The van der Waals surface area contributed by atoms with Gasteiger partial charge in [0.15, 0.2) is 0 Å². The Kier molecular flexibility index (Phi) is 8.30. The number of hydrogen-bond donors (Lipinski definition) is 4. The van der Waals surface area contributed by atoms with Crippen LogP contribution in [-0.2, 0) is 0 Å². The van der Waals surface area contributed by atoms with Crippen molar-refractivity contribution in [3.8, 4) is 0 Å². The van der Waals surface area contributed by atoms with Crippen molar-refractivity contribution < 1.29 is 14.4 Å². The molecule has 0 aliphatic rings. The molecule has 7 nitrogen and oxygen atoms in total. The molecule has 2 aromatic rings. The van der Waals surface area contributed by atoms with Crippen LogP contribution >= 0.6 is 23.2 Å². The molecule has 2 rings (SSSR count). The maximum Gasteiger partial charge on any atom is 0.319 e. The number of carbonyl (C=O) groups is 3. The standard InChI is InChI=1S/C20H22Cl2N4O3/c1-12(2)25-20(29)26-15-6-3-13(4-7-15)18(27)23-9-10-24-19(28)14-5-8-16(21)17(22)11-14/h3-8,11-12H,9-10H2,1-2H3,(H,23,27)(H,24,28)(H2,25,26,29). The molecule has 4 amide bonds. The summed E-state index contributed by atoms with van der Waals surface area (Å²) in [6.45, 7) is 4.22. The summed E-state index contributed by atoms with van der Waals surface area (Å²) in [5.41, 5.74) is 1.40. The zero-order valence-electron chi connectivity index (χ0n) is 16.0. The van der Waals surface area contributed by atoms with Crippen molar-refractivity contribution in [1.82, 2.24) is 16.0 Å². The molecule has 29 heavy (non-hydrogen) atoms. The Morgan fingerprint density at radius 2 is 1.38 bits per heavy atom. The lowest BCUT2D eigenvalue weighted by molar-refractivity contribution is 0.0927. The van der Waals surface area contributed by atoms with Gasteiger partial charge in [-0.25, -0.2) is 4.79 Å². The van der Waals surface area contributed by atoms with E-state index in [0.717, 1.165) is 0 Å². The molecule has 154 valence electrons. The predicted octanol–water partition coefficient (Wildman–Crippen LogP) is 3.68. The summed E-state index contributed by atoms with van der Waals surface area (Å²) < 4.78 is 0. The van der Waals surface area contributed by atoms with Gasteiger partial charge in [0.2, 0.25) is 0 Å². The lowest BCUT2D eigenvalue weighted by Crippen LogP contribution is -2.35. The number of nitrogens with one attached hydrogen (secondary N) is 4. The molecular formula is C20H22Cl2N4O3. The number of benzene rings is 2. The van der Waals surface area contributed by atoms with Crippen LogP contribution < -0.4 is 21.3 Å². The Hall–Kier alpha value is -2.77.